The Morgan fingerprint density at radius 3 is 2.44 bits per heavy atom. The van der Waals surface area contributed by atoms with E-state index in [1.807, 2.05) is 11.9 Å². The molecule has 0 bridgehead atoms. The largest absolute Gasteiger partial charge is 0.507 e. The van der Waals surface area contributed by atoms with E-state index in [0.717, 1.165) is 13.1 Å². The van der Waals surface area contributed by atoms with Crippen LogP contribution in [-0.4, -0.2) is 125 Å². The Bertz CT molecular complexity index is 1540. The minimum Gasteiger partial charge on any atom is -0.507 e. The number of aromatic hydroxyl groups is 2. The highest BCUT2D eigenvalue weighted by molar-refractivity contribution is 6.31. The van der Waals surface area contributed by atoms with Crippen LogP contribution in [0.3, 0.4) is 0 Å². The number of hydrogen-bond donors (Lipinski definition) is 5. The summed E-state index contributed by atoms with van der Waals surface area (Å²) in [5.74, 6) is -3.04. The number of hydrogen-bond acceptors (Lipinski definition) is 13. The molecule has 0 radical (unpaired) electrons. The second kappa shape index (κ2) is 11.7. The first-order chi connectivity index (χ1) is 21.3. The Morgan fingerprint density at radius 2 is 1.78 bits per heavy atom. The lowest BCUT2D eigenvalue weighted by Gasteiger charge is -2.43. The normalized spacial score (nSPS) is 30.4. The third-order valence-electron chi connectivity index (χ3n) is 9.62. The molecule has 6 rings (SSSR count). The molecule has 0 saturated carbocycles. The number of phenols is 2. The average molecular weight is 626 g/mol. The van der Waals surface area contributed by atoms with Gasteiger partial charge in [-0.1, -0.05) is 12.1 Å². The molecule has 4 aliphatic rings. The van der Waals surface area contributed by atoms with Gasteiger partial charge in [-0.25, -0.2) is 0 Å². The van der Waals surface area contributed by atoms with Crippen molar-refractivity contribution in [3.05, 3.63) is 51.6 Å². The van der Waals surface area contributed by atoms with Crippen molar-refractivity contribution in [3.8, 4) is 17.2 Å². The summed E-state index contributed by atoms with van der Waals surface area (Å²) in [5, 5.41) is 45.6. The topological polar surface area (TPSA) is 192 Å². The summed E-state index contributed by atoms with van der Waals surface area (Å²) in [6.45, 7) is 4.34. The van der Waals surface area contributed by atoms with Gasteiger partial charge in [0.05, 0.1) is 48.7 Å². The maximum Gasteiger partial charge on any atom is 0.202 e. The van der Waals surface area contributed by atoms with E-state index in [1.54, 1.807) is 6.92 Å². The first-order valence-corrected chi connectivity index (χ1v) is 15.1. The lowest BCUT2D eigenvalue weighted by Crippen LogP contribution is -2.54. The zero-order valence-corrected chi connectivity index (χ0v) is 25.5. The predicted molar refractivity (Wildman–Crippen MR) is 159 cm³/mol. The average Bonchev–Trinajstić information content (AvgIpc) is 3.00. The van der Waals surface area contributed by atoms with Crippen LogP contribution in [0.1, 0.15) is 68.8 Å². The molecule has 13 nitrogen and oxygen atoms in total. The third-order valence-corrected chi connectivity index (χ3v) is 9.62. The summed E-state index contributed by atoms with van der Waals surface area (Å²) in [6.07, 6.45) is -4.61. The quantitative estimate of drug-likeness (QED) is 0.235. The minimum absolute atomic E-state index is 0.0105. The van der Waals surface area contributed by atoms with Crippen LogP contribution in [0.5, 0.6) is 17.2 Å². The van der Waals surface area contributed by atoms with E-state index < -0.39 is 82.6 Å². The molecule has 0 spiro atoms. The van der Waals surface area contributed by atoms with Gasteiger partial charge < -0.3 is 45.3 Å². The highest BCUT2D eigenvalue weighted by Crippen LogP contribution is 2.52. The molecule has 6 N–H and O–H groups in total. The molecule has 0 unspecified atom stereocenters. The molecular formula is C32H39N3O10. The van der Waals surface area contributed by atoms with Crippen LogP contribution >= 0.6 is 0 Å². The van der Waals surface area contributed by atoms with E-state index in [0.29, 0.717) is 13.1 Å². The highest BCUT2D eigenvalue weighted by atomic mass is 16.7. The fraction of sp³-hybridized carbons (Fsp3) is 0.531. The van der Waals surface area contributed by atoms with Gasteiger partial charge in [0.1, 0.15) is 22.8 Å². The molecule has 0 amide bonds. The van der Waals surface area contributed by atoms with E-state index in [-0.39, 0.29) is 47.4 Å². The van der Waals surface area contributed by atoms with Gasteiger partial charge in [0.2, 0.25) is 5.78 Å². The SMILES string of the molecule is COc1cccc2c1C(=O)c1c(O)c3c(c(O)c1C2=O)C[C@@](O)(C(=O)CN1CCN(C)CC1)C[C@H]3O[C@H]1C[C@@H](N)[C@H](O)[C@H](C)O1. The number of carbonyl (C=O) groups excluding carboxylic acids is 3. The molecule has 242 valence electrons. The molecule has 13 heteroatoms. The standard InChI is InChI=1S/C32H39N3O10/c1-15-27(37)18(33)11-22(44-15)45-20-13-32(42,21(36)14-35-9-7-34(2)8-10-35)12-17-24(20)31(41)26-25(29(17)39)28(38)16-5-4-6-19(43-3)23(16)30(26)40/h4-6,15,18,20,22,27,37,39,41-42H,7-14,33H2,1-3H3/t15-,18+,20+,22-,27+,32-/m0/s1. The summed E-state index contributed by atoms with van der Waals surface area (Å²) in [5.41, 5.74) is 3.07. The first kappa shape index (κ1) is 31.5. The number of carbonyl (C=O) groups is 3. The monoisotopic (exact) mass is 625 g/mol. The molecule has 2 aliphatic heterocycles. The van der Waals surface area contributed by atoms with Crippen molar-refractivity contribution < 1.29 is 49.0 Å². The van der Waals surface area contributed by atoms with E-state index in [4.69, 9.17) is 19.9 Å². The summed E-state index contributed by atoms with van der Waals surface area (Å²) >= 11 is 0. The Balaban J connectivity index is 1.44. The molecule has 2 aliphatic carbocycles. The van der Waals surface area contributed by atoms with Crippen molar-refractivity contribution in [1.29, 1.82) is 0 Å². The number of ether oxygens (including phenoxy) is 3. The van der Waals surface area contributed by atoms with Crippen LogP contribution in [0.25, 0.3) is 0 Å². The van der Waals surface area contributed by atoms with Crippen LogP contribution < -0.4 is 10.5 Å². The second-order valence-electron chi connectivity index (χ2n) is 12.6. The van der Waals surface area contributed by atoms with Crippen molar-refractivity contribution in [2.24, 2.45) is 5.73 Å². The zero-order chi connectivity index (χ0) is 32.4. The summed E-state index contributed by atoms with van der Waals surface area (Å²) in [4.78, 5) is 45.5. The fourth-order valence-corrected chi connectivity index (χ4v) is 6.96. The molecule has 2 saturated heterocycles. The van der Waals surface area contributed by atoms with E-state index in [2.05, 4.69) is 4.90 Å². The Kier molecular flexibility index (Phi) is 8.23. The van der Waals surface area contributed by atoms with Crippen molar-refractivity contribution in [1.82, 2.24) is 9.80 Å². The number of Topliss-reactive ketones (excluding diaryl/α,β-unsaturated/α-hetero) is 1. The predicted octanol–water partition coefficient (Wildman–Crippen LogP) is 0.256. The Labute approximate surface area is 260 Å². The number of phenolic OH excluding ortho intramolecular Hbond substituents is 2. The van der Waals surface area contributed by atoms with Crippen molar-refractivity contribution in [3.63, 3.8) is 0 Å². The number of nitrogens with zero attached hydrogens (tertiary/aromatic N) is 2. The van der Waals surface area contributed by atoms with Crippen LogP contribution in [0.2, 0.25) is 0 Å². The molecule has 2 heterocycles. The fourth-order valence-electron chi connectivity index (χ4n) is 6.96. The number of aliphatic hydroxyl groups excluding tert-OH is 1. The summed E-state index contributed by atoms with van der Waals surface area (Å²) < 4.78 is 17.4. The number of nitrogens with two attached hydrogens (primary N) is 1. The van der Waals surface area contributed by atoms with Crippen LogP contribution in [-0.2, 0) is 20.7 Å². The zero-order valence-electron chi connectivity index (χ0n) is 25.5. The Hall–Kier alpha value is -3.43. The smallest absolute Gasteiger partial charge is 0.202 e. The van der Waals surface area contributed by atoms with Gasteiger partial charge in [0, 0.05) is 68.2 Å². The molecule has 2 fully saturated rings. The van der Waals surface area contributed by atoms with Crippen molar-refractivity contribution >= 4 is 17.3 Å². The molecule has 2 aromatic carbocycles. The van der Waals surface area contributed by atoms with Gasteiger partial charge in [-0.15, -0.1) is 0 Å². The van der Waals surface area contributed by atoms with E-state index in [9.17, 15) is 34.8 Å². The number of aliphatic hydroxyl groups is 2. The van der Waals surface area contributed by atoms with Crippen molar-refractivity contribution in [2.75, 3.05) is 46.9 Å². The van der Waals surface area contributed by atoms with Crippen LogP contribution in [0.4, 0.5) is 0 Å². The first-order valence-electron chi connectivity index (χ1n) is 15.1. The third kappa shape index (κ3) is 5.31. The van der Waals surface area contributed by atoms with Gasteiger partial charge in [0.15, 0.2) is 17.9 Å². The van der Waals surface area contributed by atoms with Crippen LogP contribution in [0, 0.1) is 0 Å². The number of methoxy groups -OCH3 is 1. The lowest BCUT2D eigenvalue weighted by molar-refractivity contribution is -0.247. The van der Waals surface area contributed by atoms with Gasteiger partial charge in [0.25, 0.3) is 0 Å². The molecule has 6 atom stereocenters. The minimum atomic E-state index is -2.05. The van der Waals surface area contributed by atoms with Gasteiger partial charge in [-0.05, 0) is 20.0 Å². The van der Waals surface area contributed by atoms with Crippen molar-refractivity contribution in [2.45, 2.75) is 62.4 Å². The number of benzene rings is 2. The molecule has 2 aromatic rings. The van der Waals surface area contributed by atoms with Crippen LogP contribution in [0.15, 0.2) is 18.2 Å². The number of rotatable bonds is 6. The number of fused-ring (bicyclic) bond motifs is 3. The lowest BCUT2D eigenvalue weighted by atomic mass is 9.71. The Morgan fingerprint density at radius 1 is 1.09 bits per heavy atom. The van der Waals surface area contributed by atoms with Gasteiger partial charge in [-0.2, -0.15) is 0 Å². The molecular weight excluding hydrogens is 586 g/mol. The number of piperazine rings is 1. The van der Waals surface area contributed by atoms with Gasteiger partial charge >= 0.3 is 0 Å². The second-order valence-corrected chi connectivity index (χ2v) is 12.6. The van der Waals surface area contributed by atoms with E-state index in [1.165, 1.54) is 25.3 Å². The summed E-state index contributed by atoms with van der Waals surface area (Å²) in [6, 6.07) is 3.78. The number of ketones is 3. The maximum absolute atomic E-state index is 13.9. The molecule has 0 aromatic heterocycles. The molecule has 45 heavy (non-hydrogen) atoms. The van der Waals surface area contributed by atoms with E-state index >= 15 is 0 Å². The summed E-state index contributed by atoms with van der Waals surface area (Å²) in [7, 11) is 3.34. The highest BCUT2D eigenvalue weighted by Gasteiger charge is 2.50. The number of likely N-dealkylation sites (N-methyl/N-ethyl adjacent to an activating group) is 1. The van der Waals surface area contributed by atoms with Gasteiger partial charge in [-0.3, -0.25) is 19.3 Å². The maximum atomic E-state index is 13.9.